The molecule has 0 atom stereocenters. The Hall–Kier alpha value is -1.07. The van der Waals surface area contributed by atoms with Crippen molar-refractivity contribution >= 4 is 5.96 Å². The summed E-state index contributed by atoms with van der Waals surface area (Å²) in [5.74, 6) is 1.62. The standard InChI is InChI=1S/C20H37N3O2/c1-2-21-20(23-13-9-18-7-4-3-5-8-18)22-12-6-14-25-17-19-10-15-24-16-11-19/h7,19H,2-6,8-17H2,1H3,(H2,21,22,23). The molecule has 0 amide bonds. The number of guanidine groups is 1. The molecule has 0 bridgehead atoms. The molecule has 0 aromatic heterocycles. The largest absolute Gasteiger partial charge is 0.381 e. The van der Waals surface area contributed by atoms with Crippen LogP contribution in [0, 0.1) is 5.92 Å². The molecule has 0 aromatic carbocycles. The number of hydrogen-bond acceptors (Lipinski definition) is 3. The lowest BCUT2D eigenvalue weighted by Crippen LogP contribution is -2.38. The zero-order chi connectivity index (χ0) is 17.6. The van der Waals surface area contributed by atoms with E-state index in [1.165, 1.54) is 25.7 Å². The fourth-order valence-corrected chi connectivity index (χ4v) is 3.34. The smallest absolute Gasteiger partial charge is 0.191 e. The van der Waals surface area contributed by atoms with E-state index in [0.29, 0.717) is 5.92 Å². The number of nitrogens with zero attached hydrogens (tertiary/aromatic N) is 1. The minimum atomic E-state index is 0.685. The first-order valence-corrected chi connectivity index (χ1v) is 10.2. The third kappa shape index (κ3) is 9.26. The number of nitrogens with one attached hydrogen (secondary N) is 2. The van der Waals surface area contributed by atoms with E-state index in [-0.39, 0.29) is 0 Å². The van der Waals surface area contributed by atoms with Crippen LogP contribution in [0.4, 0.5) is 0 Å². The van der Waals surface area contributed by atoms with Crippen molar-refractivity contribution in [3.05, 3.63) is 11.6 Å². The van der Waals surface area contributed by atoms with E-state index in [0.717, 1.165) is 77.7 Å². The molecule has 1 aliphatic carbocycles. The van der Waals surface area contributed by atoms with Crippen LogP contribution in [0.2, 0.25) is 0 Å². The predicted molar refractivity (Wildman–Crippen MR) is 104 cm³/mol. The molecule has 0 radical (unpaired) electrons. The second kappa shape index (κ2) is 13.2. The van der Waals surface area contributed by atoms with Crippen molar-refractivity contribution in [3.63, 3.8) is 0 Å². The van der Waals surface area contributed by atoms with Gasteiger partial charge in [-0.15, -0.1) is 0 Å². The van der Waals surface area contributed by atoms with Gasteiger partial charge < -0.3 is 20.1 Å². The Morgan fingerprint density at radius 2 is 2.16 bits per heavy atom. The first kappa shape index (κ1) is 20.2. The quantitative estimate of drug-likeness (QED) is 0.274. The van der Waals surface area contributed by atoms with Crippen LogP contribution in [-0.4, -0.2) is 52.0 Å². The summed E-state index contributed by atoms with van der Waals surface area (Å²) in [6, 6.07) is 0. The summed E-state index contributed by atoms with van der Waals surface area (Å²) in [5, 5.41) is 6.78. The third-order valence-electron chi connectivity index (χ3n) is 4.88. The van der Waals surface area contributed by atoms with Gasteiger partial charge in [0, 0.05) is 46.1 Å². The fourth-order valence-electron chi connectivity index (χ4n) is 3.34. The van der Waals surface area contributed by atoms with Crippen molar-refractivity contribution in [1.29, 1.82) is 0 Å². The number of allylic oxidation sites excluding steroid dienone is 1. The molecular formula is C20H37N3O2. The van der Waals surface area contributed by atoms with Gasteiger partial charge in [-0.3, -0.25) is 4.99 Å². The number of ether oxygens (including phenoxy) is 2. The van der Waals surface area contributed by atoms with Gasteiger partial charge in [0.15, 0.2) is 5.96 Å². The summed E-state index contributed by atoms with van der Waals surface area (Å²) < 4.78 is 11.2. The number of aliphatic imine (C=N–C) groups is 1. The van der Waals surface area contributed by atoms with Crippen molar-refractivity contribution in [2.24, 2.45) is 10.9 Å². The van der Waals surface area contributed by atoms with Crippen LogP contribution in [0.15, 0.2) is 16.6 Å². The highest BCUT2D eigenvalue weighted by Gasteiger charge is 2.13. The van der Waals surface area contributed by atoms with E-state index >= 15 is 0 Å². The Morgan fingerprint density at radius 3 is 2.92 bits per heavy atom. The van der Waals surface area contributed by atoms with Gasteiger partial charge in [0.25, 0.3) is 0 Å². The molecule has 0 aromatic rings. The summed E-state index contributed by atoms with van der Waals surface area (Å²) in [5.41, 5.74) is 1.61. The molecule has 25 heavy (non-hydrogen) atoms. The lowest BCUT2D eigenvalue weighted by Gasteiger charge is -2.21. The maximum absolute atomic E-state index is 5.80. The maximum Gasteiger partial charge on any atom is 0.191 e. The molecule has 5 heteroatoms. The van der Waals surface area contributed by atoms with Crippen molar-refractivity contribution in [2.75, 3.05) is 46.1 Å². The fraction of sp³-hybridized carbons (Fsp3) is 0.850. The normalized spacial score (nSPS) is 19.6. The Labute approximate surface area is 153 Å². The highest BCUT2D eigenvalue weighted by Crippen LogP contribution is 2.19. The van der Waals surface area contributed by atoms with Crippen LogP contribution >= 0.6 is 0 Å². The lowest BCUT2D eigenvalue weighted by molar-refractivity contribution is 0.0205. The van der Waals surface area contributed by atoms with E-state index in [9.17, 15) is 0 Å². The molecule has 0 saturated carbocycles. The van der Waals surface area contributed by atoms with Gasteiger partial charge >= 0.3 is 0 Å². The molecule has 1 heterocycles. The van der Waals surface area contributed by atoms with E-state index in [4.69, 9.17) is 9.47 Å². The summed E-state index contributed by atoms with van der Waals surface area (Å²) in [4.78, 5) is 4.66. The Kier molecular flexibility index (Phi) is 10.7. The average Bonchev–Trinajstić information content (AvgIpc) is 2.66. The lowest BCUT2D eigenvalue weighted by atomic mass is 9.97. The number of rotatable bonds is 10. The van der Waals surface area contributed by atoms with Gasteiger partial charge in [-0.05, 0) is 64.2 Å². The Balaban J connectivity index is 1.54. The minimum Gasteiger partial charge on any atom is -0.381 e. The Bertz CT molecular complexity index is 404. The van der Waals surface area contributed by atoms with Crippen LogP contribution in [0.1, 0.15) is 58.3 Å². The predicted octanol–water partition coefficient (Wildman–Crippen LogP) is 3.27. The summed E-state index contributed by atoms with van der Waals surface area (Å²) in [6.45, 7) is 8.25. The molecule has 5 nitrogen and oxygen atoms in total. The van der Waals surface area contributed by atoms with Gasteiger partial charge in [-0.1, -0.05) is 11.6 Å². The molecule has 2 rings (SSSR count). The van der Waals surface area contributed by atoms with E-state index in [2.05, 4.69) is 28.6 Å². The van der Waals surface area contributed by atoms with E-state index in [1.807, 2.05) is 0 Å². The van der Waals surface area contributed by atoms with E-state index < -0.39 is 0 Å². The highest BCUT2D eigenvalue weighted by atomic mass is 16.5. The SMILES string of the molecule is CCNC(=NCCCOCC1CCOCC1)NCCC1=CCCCC1. The van der Waals surface area contributed by atoms with Gasteiger partial charge in [0.05, 0.1) is 0 Å². The molecule has 1 fully saturated rings. The minimum absolute atomic E-state index is 0.685. The van der Waals surface area contributed by atoms with E-state index in [1.54, 1.807) is 5.57 Å². The summed E-state index contributed by atoms with van der Waals surface area (Å²) in [7, 11) is 0. The Morgan fingerprint density at radius 1 is 1.28 bits per heavy atom. The topological polar surface area (TPSA) is 54.9 Å². The van der Waals surface area contributed by atoms with Crippen molar-refractivity contribution in [3.8, 4) is 0 Å². The van der Waals surface area contributed by atoms with Crippen LogP contribution in [0.25, 0.3) is 0 Å². The first-order valence-electron chi connectivity index (χ1n) is 10.2. The van der Waals surface area contributed by atoms with Crippen LogP contribution in [0.5, 0.6) is 0 Å². The highest BCUT2D eigenvalue weighted by molar-refractivity contribution is 5.79. The van der Waals surface area contributed by atoms with Crippen LogP contribution in [0.3, 0.4) is 0 Å². The first-order chi connectivity index (χ1) is 12.4. The molecule has 144 valence electrons. The van der Waals surface area contributed by atoms with Crippen molar-refractivity contribution in [1.82, 2.24) is 10.6 Å². The number of hydrogen-bond donors (Lipinski definition) is 2. The molecule has 1 saturated heterocycles. The molecular weight excluding hydrogens is 314 g/mol. The van der Waals surface area contributed by atoms with Gasteiger partial charge in [0.2, 0.25) is 0 Å². The third-order valence-corrected chi connectivity index (χ3v) is 4.88. The van der Waals surface area contributed by atoms with Crippen LogP contribution < -0.4 is 10.6 Å². The summed E-state index contributed by atoms with van der Waals surface area (Å²) >= 11 is 0. The molecule has 0 unspecified atom stereocenters. The van der Waals surface area contributed by atoms with Gasteiger partial charge in [-0.25, -0.2) is 0 Å². The zero-order valence-electron chi connectivity index (χ0n) is 16.0. The second-order valence-electron chi connectivity index (χ2n) is 7.03. The molecule has 2 N–H and O–H groups in total. The van der Waals surface area contributed by atoms with Crippen molar-refractivity contribution in [2.45, 2.75) is 58.3 Å². The maximum atomic E-state index is 5.80. The zero-order valence-corrected chi connectivity index (χ0v) is 16.0. The summed E-state index contributed by atoms with van der Waals surface area (Å²) in [6.07, 6.45) is 12.1. The molecule has 1 aliphatic heterocycles. The molecule has 0 spiro atoms. The average molecular weight is 352 g/mol. The van der Waals surface area contributed by atoms with Gasteiger partial charge in [0.1, 0.15) is 0 Å². The molecule has 2 aliphatic rings. The monoisotopic (exact) mass is 351 g/mol. The second-order valence-corrected chi connectivity index (χ2v) is 7.03. The van der Waals surface area contributed by atoms with Crippen molar-refractivity contribution < 1.29 is 9.47 Å². The van der Waals surface area contributed by atoms with Crippen LogP contribution in [-0.2, 0) is 9.47 Å². The van der Waals surface area contributed by atoms with Gasteiger partial charge in [-0.2, -0.15) is 0 Å².